The van der Waals surface area contributed by atoms with Crippen LogP contribution in [0.25, 0.3) is 0 Å². The van der Waals surface area contributed by atoms with Crippen LogP contribution < -0.4 is 5.32 Å². The van der Waals surface area contributed by atoms with Gasteiger partial charge in [0.2, 0.25) is 5.91 Å². The number of hydrogen-bond acceptors (Lipinski definition) is 3. The lowest BCUT2D eigenvalue weighted by molar-refractivity contribution is -0.128. The van der Waals surface area contributed by atoms with Gasteiger partial charge in [-0.15, -0.1) is 0 Å². The normalized spacial score (nSPS) is 25.4. The van der Waals surface area contributed by atoms with E-state index in [1.807, 2.05) is 25.7 Å². The Hall–Kier alpha value is -0.220. The van der Waals surface area contributed by atoms with Gasteiger partial charge >= 0.3 is 0 Å². The molecule has 4 heteroatoms. The highest BCUT2D eigenvalue weighted by molar-refractivity contribution is 7.99. The van der Waals surface area contributed by atoms with Gasteiger partial charge in [-0.05, 0) is 32.4 Å². The molecule has 16 heavy (non-hydrogen) atoms. The molecule has 0 aromatic heterocycles. The summed E-state index contributed by atoms with van der Waals surface area (Å²) < 4.78 is 0. The third kappa shape index (κ3) is 4.34. The summed E-state index contributed by atoms with van der Waals surface area (Å²) in [6.45, 7) is 3.29. The quantitative estimate of drug-likeness (QED) is 0.799. The van der Waals surface area contributed by atoms with Crippen LogP contribution in [0.2, 0.25) is 0 Å². The second kappa shape index (κ2) is 7.17. The first-order valence-corrected chi connectivity index (χ1v) is 7.46. The highest BCUT2D eigenvalue weighted by Gasteiger charge is 2.21. The highest BCUT2D eigenvalue weighted by atomic mass is 32.2. The van der Waals surface area contributed by atoms with Crippen molar-refractivity contribution in [2.45, 2.75) is 43.9 Å². The van der Waals surface area contributed by atoms with E-state index in [1.165, 1.54) is 25.7 Å². The van der Waals surface area contributed by atoms with Gasteiger partial charge in [-0.2, -0.15) is 11.8 Å². The molecule has 0 bridgehead atoms. The predicted octanol–water partition coefficient (Wildman–Crippen LogP) is 1.73. The Balaban J connectivity index is 2.24. The van der Waals surface area contributed by atoms with Crippen molar-refractivity contribution in [3.05, 3.63) is 0 Å². The highest BCUT2D eigenvalue weighted by Crippen LogP contribution is 2.26. The Labute approximate surface area is 103 Å². The molecule has 0 spiro atoms. The first-order chi connectivity index (χ1) is 7.67. The molecular formula is C12H24N2OS. The summed E-state index contributed by atoms with van der Waals surface area (Å²) in [7, 11) is 1.86. The van der Waals surface area contributed by atoms with Crippen molar-refractivity contribution in [1.82, 2.24) is 10.2 Å². The summed E-state index contributed by atoms with van der Waals surface area (Å²) in [5.41, 5.74) is 0. The predicted molar refractivity (Wildman–Crippen MR) is 70.9 cm³/mol. The molecule has 2 atom stereocenters. The van der Waals surface area contributed by atoms with Gasteiger partial charge in [-0.1, -0.05) is 6.42 Å². The van der Waals surface area contributed by atoms with Crippen molar-refractivity contribution in [2.24, 2.45) is 0 Å². The van der Waals surface area contributed by atoms with Crippen molar-refractivity contribution < 1.29 is 4.79 Å². The Morgan fingerprint density at radius 2 is 2.25 bits per heavy atom. The Bertz CT molecular complexity index is 223. The van der Waals surface area contributed by atoms with Gasteiger partial charge < -0.3 is 10.2 Å². The summed E-state index contributed by atoms with van der Waals surface area (Å²) in [5.74, 6) is 0.203. The van der Waals surface area contributed by atoms with Gasteiger partial charge in [-0.25, -0.2) is 0 Å². The summed E-state index contributed by atoms with van der Waals surface area (Å²) in [4.78, 5) is 13.4. The molecule has 2 unspecified atom stereocenters. The van der Waals surface area contributed by atoms with Gasteiger partial charge in [0.15, 0.2) is 0 Å². The van der Waals surface area contributed by atoms with Crippen LogP contribution >= 0.6 is 11.8 Å². The lowest BCUT2D eigenvalue weighted by atomic mass is 9.95. The number of hydrogen-bond donors (Lipinski definition) is 1. The molecule has 1 saturated carbocycles. The molecule has 94 valence electrons. The van der Waals surface area contributed by atoms with Crippen LogP contribution in [0.5, 0.6) is 0 Å². The largest absolute Gasteiger partial charge is 0.345 e. The van der Waals surface area contributed by atoms with Gasteiger partial charge in [-0.3, -0.25) is 4.79 Å². The molecule has 3 nitrogen and oxygen atoms in total. The van der Waals surface area contributed by atoms with Crippen LogP contribution in [-0.2, 0) is 4.79 Å². The molecule has 0 aromatic carbocycles. The van der Waals surface area contributed by atoms with Crippen LogP contribution in [0, 0.1) is 0 Å². The molecule has 1 fully saturated rings. The third-order valence-electron chi connectivity index (χ3n) is 3.40. The molecule has 0 aromatic rings. The van der Waals surface area contributed by atoms with E-state index >= 15 is 0 Å². The SMILES string of the molecule is CCN(C)C(=O)CNC1CCCC(SC)C1. The Kier molecular flexibility index (Phi) is 6.21. The standard InChI is InChI=1S/C12H24N2OS/c1-4-14(2)12(15)9-13-10-6-5-7-11(8-10)16-3/h10-11,13H,4-9H2,1-3H3. The maximum atomic E-state index is 11.6. The summed E-state index contributed by atoms with van der Waals surface area (Å²) in [6.07, 6.45) is 7.25. The van der Waals surface area contributed by atoms with Crippen molar-refractivity contribution in [1.29, 1.82) is 0 Å². The van der Waals surface area contributed by atoms with Crippen molar-refractivity contribution in [3.8, 4) is 0 Å². The minimum absolute atomic E-state index is 0.203. The average Bonchev–Trinajstić information content (AvgIpc) is 2.35. The minimum Gasteiger partial charge on any atom is -0.345 e. The minimum atomic E-state index is 0.203. The average molecular weight is 244 g/mol. The maximum Gasteiger partial charge on any atom is 0.236 e. The molecule has 1 rings (SSSR count). The van der Waals surface area contributed by atoms with Crippen LogP contribution in [0.15, 0.2) is 0 Å². The van der Waals surface area contributed by atoms with Gasteiger partial charge in [0.05, 0.1) is 6.54 Å². The topological polar surface area (TPSA) is 32.3 Å². The number of nitrogens with one attached hydrogen (secondary N) is 1. The van der Waals surface area contributed by atoms with E-state index in [1.54, 1.807) is 4.90 Å². The second-order valence-corrected chi connectivity index (χ2v) is 5.65. The number of rotatable bonds is 5. The number of likely N-dealkylation sites (N-methyl/N-ethyl adjacent to an activating group) is 1. The van der Waals surface area contributed by atoms with Crippen LogP contribution in [-0.4, -0.2) is 48.5 Å². The van der Waals surface area contributed by atoms with E-state index < -0.39 is 0 Å². The van der Waals surface area contributed by atoms with Gasteiger partial charge in [0.1, 0.15) is 0 Å². The zero-order chi connectivity index (χ0) is 12.0. The first kappa shape index (κ1) is 13.8. The third-order valence-corrected chi connectivity index (χ3v) is 4.50. The summed E-state index contributed by atoms with van der Waals surface area (Å²) in [5, 5.41) is 4.18. The fraction of sp³-hybridized carbons (Fsp3) is 0.917. The lowest BCUT2D eigenvalue weighted by Crippen LogP contribution is -2.42. The van der Waals surface area contributed by atoms with Crippen molar-refractivity contribution in [2.75, 3.05) is 26.4 Å². The molecular weight excluding hydrogens is 220 g/mol. The molecule has 0 aliphatic heterocycles. The number of carbonyl (C=O) groups excluding carboxylic acids is 1. The smallest absolute Gasteiger partial charge is 0.236 e. The molecule has 1 N–H and O–H groups in total. The number of thioether (sulfide) groups is 1. The van der Waals surface area contributed by atoms with Crippen LogP contribution in [0.1, 0.15) is 32.6 Å². The number of nitrogens with zero attached hydrogens (tertiary/aromatic N) is 1. The molecule has 0 radical (unpaired) electrons. The van der Waals surface area contributed by atoms with E-state index in [0.29, 0.717) is 12.6 Å². The van der Waals surface area contributed by atoms with E-state index in [4.69, 9.17) is 0 Å². The van der Waals surface area contributed by atoms with E-state index in [9.17, 15) is 4.79 Å². The van der Waals surface area contributed by atoms with Crippen LogP contribution in [0.3, 0.4) is 0 Å². The van der Waals surface area contributed by atoms with Crippen LogP contribution in [0.4, 0.5) is 0 Å². The Morgan fingerprint density at radius 3 is 2.88 bits per heavy atom. The Morgan fingerprint density at radius 1 is 1.50 bits per heavy atom. The molecule has 1 amide bonds. The number of amides is 1. The van der Waals surface area contributed by atoms with Gasteiger partial charge in [0, 0.05) is 24.9 Å². The van der Waals surface area contributed by atoms with E-state index in [0.717, 1.165) is 11.8 Å². The number of carbonyl (C=O) groups is 1. The zero-order valence-electron chi connectivity index (χ0n) is 10.7. The fourth-order valence-electron chi connectivity index (χ4n) is 2.09. The fourth-order valence-corrected chi connectivity index (χ4v) is 2.91. The molecule has 1 aliphatic rings. The second-order valence-electron chi connectivity index (χ2n) is 4.51. The summed E-state index contributed by atoms with van der Waals surface area (Å²) in [6, 6.07) is 0.542. The maximum absolute atomic E-state index is 11.6. The molecule has 0 heterocycles. The van der Waals surface area contributed by atoms with E-state index in [-0.39, 0.29) is 5.91 Å². The molecule has 0 saturated heterocycles. The zero-order valence-corrected chi connectivity index (χ0v) is 11.5. The summed E-state index contributed by atoms with van der Waals surface area (Å²) >= 11 is 1.96. The van der Waals surface area contributed by atoms with Gasteiger partial charge in [0.25, 0.3) is 0 Å². The first-order valence-electron chi connectivity index (χ1n) is 6.17. The van der Waals surface area contributed by atoms with E-state index in [2.05, 4.69) is 11.6 Å². The van der Waals surface area contributed by atoms with Crippen molar-refractivity contribution in [3.63, 3.8) is 0 Å². The lowest BCUT2D eigenvalue weighted by Gasteiger charge is -2.29. The monoisotopic (exact) mass is 244 g/mol. The molecule has 1 aliphatic carbocycles. The van der Waals surface area contributed by atoms with Crippen molar-refractivity contribution >= 4 is 17.7 Å².